The van der Waals surface area contributed by atoms with Crippen molar-refractivity contribution in [2.45, 2.75) is 95.4 Å². The first kappa shape index (κ1) is 39.6. The van der Waals surface area contributed by atoms with Crippen molar-refractivity contribution in [2.75, 3.05) is 12.3 Å². The molecular formula is C30H47N3O9S. The zero-order valence-electron chi connectivity index (χ0n) is 24.7. The smallest absolute Gasteiger partial charge is 0.323 e. The van der Waals surface area contributed by atoms with E-state index in [1.165, 1.54) is 18.9 Å². The molecule has 2 amide bonds. The van der Waals surface area contributed by atoms with Crippen LogP contribution in [-0.4, -0.2) is 91.6 Å². The second-order valence-electron chi connectivity index (χ2n) is 9.89. The first-order valence-corrected chi connectivity index (χ1v) is 15.0. The maximum atomic E-state index is 13.4. The molecule has 0 aromatic heterocycles. The van der Waals surface area contributed by atoms with Crippen molar-refractivity contribution in [3.05, 3.63) is 48.6 Å². The molecular weight excluding hydrogens is 578 g/mol. The third kappa shape index (κ3) is 19.4. The second kappa shape index (κ2) is 24.1. The average Bonchev–Trinajstić information content (AvgIpc) is 2.95. The van der Waals surface area contributed by atoms with Gasteiger partial charge in [-0.25, -0.2) is 0 Å². The minimum atomic E-state index is -1.37. The van der Waals surface area contributed by atoms with Crippen LogP contribution in [0.25, 0.3) is 0 Å². The number of nitrogens with zero attached hydrogens (tertiary/aromatic N) is 1. The number of carbonyl (C=O) groups is 5. The number of aliphatic carboxylic acids is 3. The van der Waals surface area contributed by atoms with Crippen LogP contribution in [0, 0.1) is 0 Å². The van der Waals surface area contributed by atoms with Gasteiger partial charge in [0.1, 0.15) is 18.6 Å². The van der Waals surface area contributed by atoms with E-state index in [4.69, 9.17) is 15.9 Å². The van der Waals surface area contributed by atoms with Crippen LogP contribution in [0.5, 0.6) is 0 Å². The molecule has 7 N–H and O–H groups in total. The van der Waals surface area contributed by atoms with Crippen molar-refractivity contribution < 1.29 is 44.4 Å². The third-order valence-electron chi connectivity index (χ3n) is 6.24. The molecule has 0 bridgehead atoms. The van der Waals surface area contributed by atoms with E-state index in [-0.39, 0.29) is 37.9 Å². The number of allylic oxidation sites excluding steroid dienone is 7. The molecule has 2 unspecified atom stereocenters. The molecule has 0 saturated carbocycles. The molecule has 242 valence electrons. The van der Waals surface area contributed by atoms with Crippen molar-refractivity contribution >= 4 is 42.4 Å². The number of amides is 2. The monoisotopic (exact) mass is 625 g/mol. The summed E-state index contributed by atoms with van der Waals surface area (Å²) in [5, 5.41) is 40.7. The lowest BCUT2D eigenvalue weighted by Crippen LogP contribution is -2.56. The largest absolute Gasteiger partial charge is 0.481 e. The third-order valence-corrected chi connectivity index (χ3v) is 6.60. The first-order valence-electron chi connectivity index (χ1n) is 14.4. The summed E-state index contributed by atoms with van der Waals surface area (Å²) in [5.41, 5.74) is 5.42. The van der Waals surface area contributed by atoms with Gasteiger partial charge in [-0.2, -0.15) is 12.6 Å². The highest BCUT2D eigenvalue weighted by atomic mass is 32.1. The zero-order valence-corrected chi connectivity index (χ0v) is 25.6. The Bertz CT molecular complexity index is 997. The Balaban J connectivity index is 5.74. The summed E-state index contributed by atoms with van der Waals surface area (Å²) in [6.07, 6.45) is 17.7. The molecule has 12 nitrogen and oxygen atoms in total. The van der Waals surface area contributed by atoms with Crippen LogP contribution in [0.2, 0.25) is 0 Å². The number of hydrogen-bond donors (Lipinski definition) is 7. The van der Waals surface area contributed by atoms with Gasteiger partial charge < -0.3 is 36.4 Å². The van der Waals surface area contributed by atoms with E-state index in [2.05, 4.69) is 37.0 Å². The molecule has 0 heterocycles. The van der Waals surface area contributed by atoms with Crippen LogP contribution < -0.4 is 11.1 Å². The molecule has 0 spiro atoms. The van der Waals surface area contributed by atoms with E-state index in [1.54, 1.807) is 18.2 Å². The van der Waals surface area contributed by atoms with E-state index in [1.807, 2.05) is 12.2 Å². The van der Waals surface area contributed by atoms with Crippen molar-refractivity contribution in [1.29, 1.82) is 0 Å². The van der Waals surface area contributed by atoms with E-state index in [9.17, 15) is 34.2 Å². The number of nitrogens with one attached hydrogen (secondary N) is 1. The Labute approximate surface area is 258 Å². The lowest BCUT2D eigenvalue weighted by atomic mass is 10.0. The van der Waals surface area contributed by atoms with Crippen LogP contribution in [-0.2, 0) is 24.0 Å². The van der Waals surface area contributed by atoms with Gasteiger partial charge >= 0.3 is 17.9 Å². The zero-order chi connectivity index (χ0) is 32.6. The molecule has 4 atom stereocenters. The van der Waals surface area contributed by atoms with E-state index >= 15 is 0 Å². The molecule has 13 heteroatoms. The van der Waals surface area contributed by atoms with Gasteiger partial charge in [0.2, 0.25) is 11.8 Å². The van der Waals surface area contributed by atoms with E-state index in [0.29, 0.717) is 0 Å². The lowest BCUT2D eigenvalue weighted by Gasteiger charge is -2.34. The molecule has 43 heavy (non-hydrogen) atoms. The summed E-state index contributed by atoms with van der Waals surface area (Å²) in [7, 11) is 0. The van der Waals surface area contributed by atoms with Crippen LogP contribution >= 0.6 is 12.6 Å². The minimum Gasteiger partial charge on any atom is -0.481 e. The molecule has 0 aliphatic carbocycles. The fourth-order valence-corrected chi connectivity index (χ4v) is 4.13. The number of aliphatic hydroxyl groups excluding tert-OH is 1. The number of carboxylic acids is 3. The van der Waals surface area contributed by atoms with Gasteiger partial charge in [-0.15, -0.1) is 0 Å². The first-order chi connectivity index (χ1) is 20.4. The molecule has 0 aliphatic heterocycles. The Morgan fingerprint density at radius 1 is 0.884 bits per heavy atom. The number of unbranched alkanes of at least 4 members (excludes halogenated alkanes) is 3. The van der Waals surface area contributed by atoms with Crippen molar-refractivity contribution in [3.8, 4) is 0 Å². The summed E-state index contributed by atoms with van der Waals surface area (Å²) >= 11 is 4.11. The summed E-state index contributed by atoms with van der Waals surface area (Å²) in [6, 6.07) is -3.73. The number of carbonyl (C=O) groups excluding carboxylic acids is 2. The maximum absolute atomic E-state index is 13.4. The second-order valence-corrected chi connectivity index (χ2v) is 10.3. The highest BCUT2D eigenvalue weighted by Gasteiger charge is 2.34. The normalized spacial score (nSPS) is 14.7. The highest BCUT2D eigenvalue weighted by molar-refractivity contribution is 7.80. The molecule has 0 radical (unpaired) electrons. The summed E-state index contributed by atoms with van der Waals surface area (Å²) in [5.74, 6) is -5.46. The quantitative estimate of drug-likeness (QED) is 0.0361. The van der Waals surface area contributed by atoms with Gasteiger partial charge in [-0.3, -0.25) is 24.0 Å². The Hall–Kier alpha value is -3.42. The van der Waals surface area contributed by atoms with Gasteiger partial charge in [0.25, 0.3) is 0 Å². The van der Waals surface area contributed by atoms with E-state index in [0.717, 1.165) is 24.2 Å². The van der Waals surface area contributed by atoms with Crippen LogP contribution in [0.3, 0.4) is 0 Å². The van der Waals surface area contributed by atoms with E-state index < -0.39 is 60.5 Å². The van der Waals surface area contributed by atoms with Crippen molar-refractivity contribution in [3.63, 3.8) is 0 Å². The topological polar surface area (TPSA) is 208 Å². The number of hydrogen-bond acceptors (Lipinski definition) is 8. The van der Waals surface area contributed by atoms with Crippen LogP contribution in [0.1, 0.15) is 71.1 Å². The van der Waals surface area contributed by atoms with Crippen LogP contribution in [0.15, 0.2) is 48.6 Å². The number of aliphatic hydroxyl groups is 1. The van der Waals surface area contributed by atoms with Gasteiger partial charge in [0.15, 0.2) is 0 Å². The number of rotatable bonds is 24. The summed E-state index contributed by atoms with van der Waals surface area (Å²) in [6.45, 7) is 1.34. The maximum Gasteiger partial charge on any atom is 0.323 e. The molecule has 0 aromatic carbocycles. The molecule has 0 saturated heterocycles. The van der Waals surface area contributed by atoms with Gasteiger partial charge in [0, 0.05) is 18.6 Å². The Kier molecular flexibility index (Phi) is 22.2. The van der Waals surface area contributed by atoms with Gasteiger partial charge in [-0.1, -0.05) is 68.4 Å². The fourth-order valence-electron chi connectivity index (χ4n) is 3.88. The SMILES string of the molecule is CCCCC/C=C\C/C=C/C=C\C=C\[C@@H]([C@@H](O)CCCC(=O)O)N(CC(=O)O)C(=O)C(CS)NC(=O)CCC(N)C(=O)O. The van der Waals surface area contributed by atoms with Gasteiger partial charge in [-0.05, 0) is 38.5 Å². The standard InChI is InChI=1S/C30H47N3O9S/c1-2-3-4-5-6-7-8-9-10-11-12-13-15-24(25(34)16-14-17-27(36)37)33(20-28(38)39)29(40)23(21-43)32-26(35)19-18-22(31)30(41)42/h6-7,9-13,15,22-25,34,43H,2-5,8,14,16-21,31H2,1H3,(H,32,35)(H,36,37)(H,38,39)(H,41,42)/b7-6-,10-9+,12-11-,15-13+/t22?,23?,24-,25-/m0/s1. The lowest BCUT2D eigenvalue weighted by molar-refractivity contribution is -0.148. The predicted molar refractivity (Wildman–Crippen MR) is 167 cm³/mol. The number of thiol groups is 1. The average molecular weight is 626 g/mol. The van der Waals surface area contributed by atoms with Crippen molar-refractivity contribution in [2.24, 2.45) is 5.73 Å². The molecule has 0 rings (SSSR count). The minimum absolute atomic E-state index is 0.0378. The Morgan fingerprint density at radius 3 is 2.19 bits per heavy atom. The molecule has 0 aromatic rings. The summed E-state index contributed by atoms with van der Waals surface area (Å²) < 4.78 is 0. The highest BCUT2D eigenvalue weighted by Crippen LogP contribution is 2.16. The van der Waals surface area contributed by atoms with Crippen molar-refractivity contribution in [1.82, 2.24) is 10.2 Å². The molecule has 0 fully saturated rings. The Morgan fingerprint density at radius 2 is 1.58 bits per heavy atom. The number of nitrogens with two attached hydrogens (primary N) is 1. The van der Waals surface area contributed by atoms with Gasteiger partial charge in [0.05, 0.1) is 12.1 Å². The van der Waals surface area contributed by atoms with Crippen LogP contribution in [0.4, 0.5) is 0 Å². The fraction of sp³-hybridized carbons (Fsp3) is 0.567. The molecule has 0 aliphatic rings. The number of carboxylic acid groups (broad SMARTS) is 3. The summed E-state index contributed by atoms with van der Waals surface area (Å²) in [4.78, 5) is 60.3. The predicted octanol–water partition coefficient (Wildman–Crippen LogP) is 2.69.